The van der Waals surface area contributed by atoms with E-state index in [2.05, 4.69) is 26.1 Å². The summed E-state index contributed by atoms with van der Waals surface area (Å²) >= 11 is 0. The zero-order chi connectivity index (χ0) is 12.7. The molecule has 0 bridgehead atoms. The lowest BCUT2D eigenvalue weighted by molar-refractivity contribution is 0.0600. The van der Waals surface area contributed by atoms with Gasteiger partial charge in [-0.25, -0.2) is 9.00 Å². The summed E-state index contributed by atoms with van der Waals surface area (Å²) in [6, 6.07) is 5.52. The number of hydrogen-bond donors (Lipinski definition) is 0. The van der Waals surface area contributed by atoms with E-state index < -0.39 is 9.23 Å². The molecule has 0 aliphatic heterocycles. The molecule has 0 radical (unpaired) electrons. The van der Waals surface area contributed by atoms with Gasteiger partial charge in [0.15, 0.2) is 0 Å². The van der Waals surface area contributed by atoms with Crippen molar-refractivity contribution in [1.82, 2.24) is 0 Å². The van der Waals surface area contributed by atoms with Gasteiger partial charge in [-0.1, -0.05) is 6.07 Å². The summed E-state index contributed by atoms with van der Waals surface area (Å²) in [6.45, 7) is 3.98. The van der Waals surface area contributed by atoms with Crippen molar-refractivity contribution >= 4 is 36.6 Å². The van der Waals surface area contributed by atoms with Gasteiger partial charge in [0.1, 0.15) is 0 Å². The van der Waals surface area contributed by atoms with Crippen LogP contribution in [0.25, 0.3) is 0 Å². The molecular formula is C10H12Cl2O3S. The Balaban J connectivity index is 0.000000487. The minimum absolute atomic E-state index is 0.280. The number of halogens is 2. The summed E-state index contributed by atoms with van der Waals surface area (Å²) in [5.41, 5.74) is 2.90. The second-order valence-electron chi connectivity index (χ2n) is 2.97. The van der Waals surface area contributed by atoms with E-state index in [1.54, 1.807) is 6.07 Å². The number of benzene rings is 1. The molecule has 1 rings (SSSR count). The number of carbonyl (C=O) groups is 1. The predicted octanol–water partition coefficient (Wildman–Crippen LogP) is 3.13. The van der Waals surface area contributed by atoms with Crippen molar-refractivity contribution in [2.45, 2.75) is 13.8 Å². The molecule has 3 nitrogen and oxygen atoms in total. The van der Waals surface area contributed by atoms with Crippen molar-refractivity contribution in [2.24, 2.45) is 0 Å². The molecule has 6 heteroatoms. The zero-order valence-electron chi connectivity index (χ0n) is 9.12. The fourth-order valence-corrected chi connectivity index (χ4v) is 0.986. The van der Waals surface area contributed by atoms with Crippen LogP contribution in [-0.2, 0) is 14.0 Å². The minimum atomic E-state index is -1.67. The SMILES string of the molecule is COC(=O)c1ccc(C)c(C)c1.O=S(Cl)Cl. The molecule has 0 N–H and O–H groups in total. The van der Waals surface area contributed by atoms with Gasteiger partial charge in [0, 0.05) is 21.4 Å². The van der Waals surface area contributed by atoms with Crippen LogP contribution in [0.2, 0.25) is 0 Å². The monoisotopic (exact) mass is 282 g/mol. The topological polar surface area (TPSA) is 43.4 Å². The van der Waals surface area contributed by atoms with Crippen LogP contribution in [0, 0.1) is 13.8 Å². The molecule has 1 aromatic rings. The smallest absolute Gasteiger partial charge is 0.337 e. The Labute approximate surface area is 106 Å². The zero-order valence-corrected chi connectivity index (χ0v) is 11.4. The average Bonchev–Trinajstić information content (AvgIpc) is 2.20. The third kappa shape index (κ3) is 6.10. The molecule has 1 aromatic carbocycles. The summed E-state index contributed by atoms with van der Waals surface area (Å²) in [7, 11) is 8.74. The van der Waals surface area contributed by atoms with Gasteiger partial charge in [0.25, 0.3) is 0 Å². The second kappa shape index (κ2) is 7.65. The quantitative estimate of drug-likeness (QED) is 0.587. The molecule has 0 aromatic heterocycles. The molecule has 0 amide bonds. The van der Waals surface area contributed by atoms with E-state index in [9.17, 15) is 4.79 Å². The highest BCUT2D eigenvalue weighted by molar-refractivity contribution is 8.26. The molecule has 0 aliphatic carbocycles. The van der Waals surface area contributed by atoms with Crippen LogP contribution in [0.3, 0.4) is 0 Å². The van der Waals surface area contributed by atoms with Crippen molar-refractivity contribution in [3.63, 3.8) is 0 Å². The largest absolute Gasteiger partial charge is 0.465 e. The number of carbonyl (C=O) groups excluding carboxylic acids is 1. The molecule has 0 aliphatic rings. The Kier molecular flexibility index (Phi) is 7.38. The molecule has 0 heterocycles. The van der Waals surface area contributed by atoms with E-state index >= 15 is 0 Å². The van der Waals surface area contributed by atoms with Crippen molar-refractivity contribution in [3.05, 3.63) is 34.9 Å². The first kappa shape index (κ1) is 15.4. The van der Waals surface area contributed by atoms with E-state index in [4.69, 9.17) is 4.21 Å². The lowest BCUT2D eigenvalue weighted by Gasteiger charge is -2.02. The van der Waals surface area contributed by atoms with Crippen molar-refractivity contribution in [1.29, 1.82) is 0 Å². The highest BCUT2D eigenvalue weighted by atomic mass is 36.0. The fourth-order valence-electron chi connectivity index (χ4n) is 0.986. The molecule has 90 valence electrons. The van der Waals surface area contributed by atoms with Gasteiger partial charge in [0.2, 0.25) is 9.23 Å². The van der Waals surface area contributed by atoms with Crippen molar-refractivity contribution in [2.75, 3.05) is 7.11 Å². The molecule has 0 saturated heterocycles. The molecule has 0 saturated carbocycles. The van der Waals surface area contributed by atoms with Gasteiger partial charge in [-0.2, -0.15) is 0 Å². The van der Waals surface area contributed by atoms with Crippen LogP contribution < -0.4 is 0 Å². The van der Waals surface area contributed by atoms with Crippen LogP contribution in [-0.4, -0.2) is 17.3 Å². The fraction of sp³-hybridized carbons (Fsp3) is 0.300. The Hall–Kier alpha value is -0.580. The maximum atomic E-state index is 11.1. The van der Waals surface area contributed by atoms with Gasteiger partial charge in [-0.15, -0.1) is 0 Å². The summed E-state index contributed by atoms with van der Waals surface area (Å²) < 4.78 is 13.7. The standard InChI is InChI=1S/C10H12O2.Cl2OS/c1-7-4-5-9(6-8(7)2)10(11)12-3;1-4(2)3/h4-6H,1-3H3;. The maximum absolute atomic E-state index is 11.1. The highest BCUT2D eigenvalue weighted by Crippen LogP contribution is 2.10. The van der Waals surface area contributed by atoms with Crippen LogP contribution in [0.4, 0.5) is 0 Å². The summed E-state index contributed by atoms with van der Waals surface area (Å²) in [4.78, 5) is 11.1. The van der Waals surface area contributed by atoms with Crippen molar-refractivity contribution < 1.29 is 13.7 Å². The number of aryl methyl sites for hydroxylation is 2. The van der Waals surface area contributed by atoms with E-state index in [1.807, 2.05) is 26.0 Å². The van der Waals surface area contributed by atoms with Gasteiger partial charge in [-0.05, 0) is 37.1 Å². The molecular weight excluding hydrogens is 271 g/mol. The third-order valence-corrected chi connectivity index (χ3v) is 1.93. The molecule has 0 atom stereocenters. The molecule has 0 spiro atoms. The Bertz CT molecular complexity index is 390. The highest BCUT2D eigenvalue weighted by Gasteiger charge is 2.04. The molecule has 0 fully saturated rings. The minimum Gasteiger partial charge on any atom is -0.465 e. The normalized spacial score (nSPS) is 9.38. The van der Waals surface area contributed by atoms with Crippen LogP contribution in [0.1, 0.15) is 21.5 Å². The van der Waals surface area contributed by atoms with Crippen LogP contribution in [0.5, 0.6) is 0 Å². The first-order chi connectivity index (χ1) is 7.38. The number of methoxy groups -OCH3 is 1. The number of esters is 1. The number of rotatable bonds is 1. The van der Waals surface area contributed by atoms with Crippen molar-refractivity contribution in [3.8, 4) is 0 Å². The molecule has 0 unspecified atom stereocenters. The van der Waals surface area contributed by atoms with E-state index in [0.717, 1.165) is 5.56 Å². The molecule has 16 heavy (non-hydrogen) atoms. The first-order valence-electron chi connectivity index (χ1n) is 4.28. The van der Waals surface area contributed by atoms with Gasteiger partial charge in [0.05, 0.1) is 12.7 Å². The number of ether oxygens (including phenoxy) is 1. The van der Waals surface area contributed by atoms with E-state index in [-0.39, 0.29) is 5.97 Å². The maximum Gasteiger partial charge on any atom is 0.337 e. The lowest BCUT2D eigenvalue weighted by Crippen LogP contribution is -2.01. The second-order valence-corrected chi connectivity index (χ2v) is 5.50. The average molecular weight is 283 g/mol. The summed E-state index contributed by atoms with van der Waals surface area (Å²) in [5, 5.41) is 0. The van der Waals surface area contributed by atoms with E-state index in [0.29, 0.717) is 5.56 Å². The van der Waals surface area contributed by atoms with Gasteiger partial charge in [-0.3, -0.25) is 0 Å². The predicted molar refractivity (Wildman–Crippen MR) is 67.1 cm³/mol. The van der Waals surface area contributed by atoms with Gasteiger partial charge >= 0.3 is 5.97 Å². The Morgan fingerprint density at radius 3 is 2.12 bits per heavy atom. The van der Waals surface area contributed by atoms with E-state index in [1.165, 1.54) is 12.7 Å². The third-order valence-electron chi connectivity index (χ3n) is 1.93. The first-order valence-corrected chi connectivity index (χ1v) is 7.08. The summed E-state index contributed by atoms with van der Waals surface area (Å²) in [6.07, 6.45) is 0. The van der Waals surface area contributed by atoms with Crippen LogP contribution in [0.15, 0.2) is 18.2 Å². The number of hydrogen-bond acceptors (Lipinski definition) is 3. The Morgan fingerprint density at radius 2 is 1.75 bits per heavy atom. The Morgan fingerprint density at radius 1 is 1.25 bits per heavy atom. The summed E-state index contributed by atoms with van der Waals surface area (Å²) in [5.74, 6) is -0.280. The lowest BCUT2D eigenvalue weighted by atomic mass is 10.1. The van der Waals surface area contributed by atoms with Gasteiger partial charge < -0.3 is 4.74 Å². The van der Waals surface area contributed by atoms with Crippen LogP contribution >= 0.6 is 21.4 Å².